The van der Waals surface area contributed by atoms with Crippen molar-refractivity contribution in [3.63, 3.8) is 0 Å². The lowest BCUT2D eigenvalue weighted by atomic mass is 10.1. The Kier molecular flexibility index (Phi) is 5.88. The molecular weight excluding hydrogens is 316 g/mol. The van der Waals surface area contributed by atoms with E-state index in [4.69, 9.17) is 21.1 Å². The van der Waals surface area contributed by atoms with Crippen molar-refractivity contribution in [1.82, 2.24) is 0 Å². The summed E-state index contributed by atoms with van der Waals surface area (Å²) in [6.45, 7) is 4.25. The quantitative estimate of drug-likeness (QED) is 0.827. The van der Waals surface area contributed by atoms with E-state index in [1.165, 1.54) is 0 Å². The Labute approximate surface area is 140 Å². The second kappa shape index (κ2) is 7.88. The predicted molar refractivity (Wildman–Crippen MR) is 89.6 cm³/mol. The average molecular weight is 335 g/mol. The first-order valence-electron chi connectivity index (χ1n) is 7.37. The lowest BCUT2D eigenvalue weighted by Gasteiger charge is -2.17. The van der Waals surface area contributed by atoms with E-state index in [2.05, 4.69) is 0 Å². The number of hydrogen-bond acceptors (Lipinski definition) is 3. The minimum Gasteiger partial charge on any atom is -0.494 e. The predicted octanol–water partition coefficient (Wildman–Crippen LogP) is 4.12. The van der Waals surface area contributed by atoms with Gasteiger partial charge in [0.1, 0.15) is 11.5 Å². The summed E-state index contributed by atoms with van der Waals surface area (Å²) >= 11 is 5.98. The van der Waals surface area contributed by atoms with Crippen molar-refractivity contribution in [2.45, 2.75) is 26.4 Å². The topological polar surface area (TPSA) is 55.8 Å². The van der Waals surface area contributed by atoms with Crippen LogP contribution in [0.1, 0.15) is 18.1 Å². The van der Waals surface area contributed by atoms with Gasteiger partial charge in [-0.3, -0.25) is 0 Å². The van der Waals surface area contributed by atoms with Crippen molar-refractivity contribution in [2.75, 3.05) is 6.61 Å². The first-order valence-corrected chi connectivity index (χ1v) is 7.75. The standard InChI is InChI=1S/C18H19ClO4/c1-3-22-16-7-5-4-6-13(16)11-17(18(20)21)23-14-8-9-15(19)12(2)10-14/h4-10,17H,3,11H2,1-2H3,(H,20,21). The number of carboxylic acids is 1. The van der Waals surface area contributed by atoms with Gasteiger partial charge in [-0.15, -0.1) is 0 Å². The molecule has 2 aromatic rings. The van der Waals surface area contributed by atoms with Gasteiger partial charge in [-0.25, -0.2) is 4.79 Å². The Morgan fingerprint density at radius 2 is 2.00 bits per heavy atom. The maximum Gasteiger partial charge on any atom is 0.345 e. The zero-order valence-electron chi connectivity index (χ0n) is 13.1. The first-order chi connectivity index (χ1) is 11.0. The van der Waals surface area contributed by atoms with Crippen molar-refractivity contribution in [1.29, 1.82) is 0 Å². The van der Waals surface area contributed by atoms with Crippen molar-refractivity contribution in [3.05, 3.63) is 58.6 Å². The van der Waals surface area contributed by atoms with Gasteiger partial charge in [0.25, 0.3) is 0 Å². The lowest BCUT2D eigenvalue weighted by molar-refractivity contribution is -0.145. The van der Waals surface area contributed by atoms with Gasteiger partial charge in [0.05, 0.1) is 6.61 Å². The SMILES string of the molecule is CCOc1ccccc1CC(Oc1ccc(Cl)c(C)c1)C(=O)O. The number of rotatable bonds is 7. The van der Waals surface area contributed by atoms with Crippen LogP contribution in [0.2, 0.25) is 5.02 Å². The number of aryl methyl sites for hydroxylation is 1. The summed E-state index contributed by atoms with van der Waals surface area (Å²) in [5.74, 6) is 0.134. The molecule has 0 bridgehead atoms. The van der Waals surface area contributed by atoms with Gasteiger partial charge < -0.3 is 14.6 Å². The van der Waals surface area contributed by atoms with Crippen LogP contribution in [-0.2, 0) is 11.2 Å². The minimum absolute atomic E-state index is 0.215. The highest BCUT2D eigenvalue weighted by Crippen LogP contribution is 2.24. The molecule has 0 aliphatic carbocycles. The molecule has 0 fully saturated rings. The summed E-state index contributed by atoms with van der Waals surface area (Å²) in [5, 5.41) is 10.1. The second-order valence-corrected chi connectivity index (χ2v) is 5.51. The molecule has 0 aliphatic heterocycles. The van der Waals surface area contributed by atoms with Crippen LogP contribution in [0.4, 0.5) is 0 Å². The highest BCUT2D eigenvalue weighted by Gasteiger charge is 2.22. The summed E-state index contributed by atoms with van der Waals surface area (Å²) in [4.78, 5) is 11.5. The fourth-order valence-electron chi connectivity index (χ4n) is 2.20. The molecule has 0 saturated carbocycles. The van der Waals surface area contributed by atoms with Gasteiger partial charge in [0, 0.05) is 11.4 Å². The largest absolute Gasteiger partial charge is 0.494 e. The van der Waals surface area contributed by atoms with Gasteiger partial charge in [-0.05, 0) is 49.2 Å². The molecule has 4 nitrogen and oxygen atoms in total. The van der Waals surface area contributed by atoms with E-state index in [9.17, 15) is 9.90 Å². The molecule has 23 heavy (non-hydrogen) atoms. The molecule has 5 heteroatoms. The van der Waals surface area contributed by atoms with Crippen molar-refractivity contribution in [2.24, 2.45) is 0 Å². The zero-order chi connectivity index (χ0) is 16.8. The highest BCUT2D eigenvalue weighted by atomic mass is 35.5. The maximum atomic E-state index is 11.5. The number of carbonyl (C=O) groups is 1. The van der Waals surface area contributed by atoms with Crippen molar-refractivity contribution >= 4 is 17.6 Å². The number of carboxylic acid groups (broad SMARTS) is 1. The van der Waals surface area contributed by atoms with Crippen LogP contribution in [0.15, 0.2) is 42.5 Å². The van der Waals surface area contributed by atoms with Gasteiger partial charge in [-0.1, -0.05) is 29.8 Å². The Hall–Kier alpha value is -2.20. The minimum atomic E-state index is -1.02. The van der Waals surface area contributed by atoms with Crippen LogP contribution in [-0.4, -0.2) is 23.8 Å². The summed E-state index contributed by atoms with van der Waals surface area (Å²) in [7, 11) is 0. The molecule has 122 valence electrons. The monoisotopic (exact) mass is 334 g/mol. The van der Waals surface area contributed by atoms with E-state index >= 15 is 0 Å². The van der Waals surface area contributed by atoms with Gasteiger partial charge in [0.2, 0.25) is 0 Å². The highest BCUT2D eigenvalue weighted by molar-refractivity contribution is 6.31. The fraction of sp³-hybridized carbons (Fsp3) is 0.278. The van der Waals surface area contributed by atoms with Crippen molar-refractivity contribution < 1.29 is 19.4 Å². The Morgan fingerprint density at radius 3 is 2.65 bits per heavy atom. The fourth-order valence-corrected chi connectivity index (χ4v) is 2.32. The molecule has 0 heterocycles. The molecule has 0 radical (unpaired) electrons. The number of benzene rings is 2. The molecule has 1 N–H and O–H groups in total. The van der Waals surface area contributed by atoms with Gasteiger partial charge >= 0.3 is 5.97 Å². The number of para-hydroxylation sites is 1. The maximum absolute atomic E-state index is 11.5. The molecule has 0 aliphatic rings. The summed E-state index contributed by atoms with van der Waals surface area (Å²) < 4.78 is 11.2. The van der Waals surface area contributed by atoms with E-state index in [0.717, 1.165) is 11.1 Å². The van der Waals surface area contributed by atoms with E-state index < -0.39 is 12.1 Å². The van der Waals surface area contributed by atoms with Crippen LogP contribution < -0.4 is 9.47 Å². The van der Waals surface area contributed by atoms with Crippen LogP contribution in [0.5, 0.6) is 11.5 Å². The van der Waals surface area contributed by atoms with E-state index in [-0.39, 0.29) is 6.42 Å². The summed E-state index contributed by atoms with van der Waals surface area (Å²) in [6, 6.07) is 12.5. The van der Waals surface area contributed by atoms with E-state index in [1.54, 1.807) is 18.2 Å². The van der Waals surface area contributed by atoms with Crippen LogP contribution in [0.25, 0.3) is 0 Å². The van der Waals surface area contributed by atoms with Crippen LogP contribution in [0, 0.1) is 6.92 Å². The lowest BCUT2D eigenvalue weighted by Crippen LogP contribution is -2.29. The summed E-state index contributed by atoms with van der Waals surface area (Å²) in [5.41, 5.74) is 1.63. The van der Waals surface area contributed by atoms with Gasteiger partial charge in [-0.2, -0.15) is 0 Å². The number of halogens is 1. The Morgan fingerprint density at radius 1 is 1.26 bits per heavy atom. The smallest absolute Gasteiger partial charge is 0.345 e. The third-order valence-electron chi connectivity index (χ3n) is 3.36. The molecule has 0 amide bonds. The molecule has 1 unspecified atom stereocenters. The molecule has 2 aromatic carbocycles. The summed E-state index contributed by atoms with van der Waals surface area (Å²) in [6.07, 6.45) is -0.787. The molecular formula is C18H19ClO4. The van der Waals surface area contributed by atoms with E-state index in [0.29, 0.717) is 23.1 Å². The van der Waals surface area contributed by atoms with Crippen LogP contribution in [0.3, 0.4) is 0 Å². The van der Waals surface area contributed by atoms with Crippen molar-refractivity contribution in [3.8, 4) is 11.5 Å². The number of hydrogen-bond donors (Lipinski definition) is 1. The molecule has 0 saturated heterocycles. The number of aliphatic carboxylic acids is 1. The molecule has 1 atom stereocenters. The van der Waals surface area contributed by atoms with Gasteiger partial charge in [0.15, 0.2) is 6.10 Å². The average Bonchev–Trinajstić information content (AvgIpc) is 2.52. The first kappa shape index (κ1) is 17.2. The Balaban J connectivity index is 2.19. The third-order valence-corrected chi connectivity index (χ3v) is 3.79. The third kappa shape index (κ3) is 4.63. The zero-order valence-corrected chi connectivity index (χ0v) is 13.8. The molecule has 0 aromatic heterocycles. The Bertz CT molecular complexity index is 684. The molecule has 2 rings (SSSR count). The second-order valence-electron chi connectivity index (χ2n) is 5.10. The normalized spacial score (nSPS) is 11.8. The molecule has 0 spiro atoms. The van der Waals surface area contributed by atoms with Crippen LogP contribution >= 0.6 is 11.6 Å². The number of ether oxygens (including phenoxy) is 2. The van der Waals surface area contributed by atoms with E-state index in [1.807, 2.05) is 38.1 Å².